The molecule has 1 aromatic rings. The van der Waals surface area contributed by atoms with Crippen LogP contribution in [0.3, 0.4) is 0 Å². The lowest BCUT2D eigenvalue weighted by Crippen LogP contribution is -2.43. The number of hydrogen-bond acceptors (Lipinski definition) is 3. The fourth-order valence-corrected chi connectivity index (χ4v) is 2.76. The first kappa shape index (κ1) is 13.3. The molecule has 1 atom stereocenters. The van der Waals surface area contributed by atoms with Gasteiger partial charge in [0, 0.05) is 13.1 Å². The van der Waals surface area contributed by atoms with Crippen molar-refractivity contribution in [2.75, 3.05) is 0 Å². The molecule has 6 heteroatoms. The van der Waals surface area contributed by atoms with Crippen LogP contribution in [0.25, 0.3) is 0 Å². The Kier molecular flexibility index (Phi) is 4.52. The van der Waals surface area contributed by atoms with E-state index >= 15 is 0 Å². The van der Waals surface area contributed by atoms with Gasteiger partial charge in [-0.25, -0.2) is 0 Å². The predicted octanol–water partition coefficient (Wildman–Crippen LogP) is 1.67. The van der Waals surface area contributed by atoms with E-state index in [-0.39, 0.29) is 6.04 Å². The Morgan fingerprint density at radius 3 is 2.78 bits per heavy atom. The van der Waals surface area contributed by atoms with Crippen LogP contribution < -0.4 is 10.6 Å². The summed E-state index contributed by atoms with van der Waals surface area (Å²) < 4.78 is 1.90. The number of hydrogen-bond donors (Lipinski definition) is 2. The molecule has 0 radical (unpaired) electrons. The number of aryl methyl sites for hydroxylation is 1. The van der Waals surface area contributed by atoms with Crippen molar-refractivity contribution in [1.82, 2.24) is 25.4 Å². The maximum Gasteiger partial charge on any atom is 0.167 e. The summed E-state index contributed by atoms with van der Waals surface area (Å²) in [5, 5.41) is 15.3. The van der Waals surface area contributed by atoms with Crippen LogP contribution in [-0.2, 0) is 7.05 Å². The number of rotatable bonds is 3. The molecule has 1 saturated carbocycles. The molecule has 18 heavy (non-hydrogen) atoms. The molecule has 0 bridgehead atoms. The first-order valence-electron chi connectivity index (χ1n) is 6.57. The third-order valence-electron chi connectivity index (χ3n) is 3.42. The summed E-state index contributed by atoms with van der Waals surface area (Å²) >= 11 is 5.35. The second kappa shape index (κ2) is 6.13. The molecule has 0 aliphatic heterocycles. The third kappa shape index (κ3) is 3.41. The number of nitrogens with zero attached hydrogens (tertiary/aromatic N) is 3. The standard InChI is InChI=1S/C12H21N5S/c1-9(11-16-13-8-17(11)2)14-12(18)15-10-6-4-3-5-7-10/h8-10H,3-7H2,1-2H3,(H2,14,15,18). The molecule has 0 spiro atoms. The van der Waals surface area contributed by atoms with Crippen molar-refractivity contribution in [2.45, 2.75) is 51.1 Å². The van der Waals surface area contributed by atoms with Crippen LogP contribution in [0.5, 0.6) is 0 Å². The van der Waals surface area contributed by atoms with Crippen molar-refractivity contribution in [2.24, 2.45) is 7.05 Å². The summed E-state index contributed by atoms with van der Waals surface area (Å²) in [6.45, 7) is 2.04. The Balaban J connectivity index is 1.81. The highest BCUT2D eigenvalue weighted by molar-refractivity contribution is 7.80. The van der Waals surface area contributed by atoms with Crippen LogP contribution in [-0.4, -0.2) is 25.9 Å². The molecular formula is C12H21N5S. The van der Waals surface area contributed by atoms with Gasteiger partial charge in [0.05, 0.1) is 6.04 Å². The van der Waals surface area contributed by atoms with Gasteiger partial charge >= 0.3 is 0 Å². The molecule has 5 nitrogen and oxygen atoms in total. The van der Waals surface area contributed by atoms with E-state index in [9.17, 15) is 0 Å². The Bertz CT molecular complexity index is 397. The second-order valence-corrected chi connectivity index (χ2v) is 5.38. The monoisotopic (exact) mass is 267 g/mol. The molecule has 100 valence electrons. The highest BCUT2D eigenvalue weighted by atomic mass is 32.1. The minimum absolute atomic E-state index is 0.0705. The number of thiocarbonyl (C=S) groups is 1. The van der Waals surface area contributed by atoms with Gasteiger partial charge in [-0.05, 0) is 32.0 Å². The van der Waals surface area contributed by atoms with E-state index in [0.29, 0.717) is 6.04 Å². The highest BCUT2D eigenvalue weighted by Crippen LogP contribution is 2.17. The number of aromatic nitrogens is 3. The van der Waals surface area contributed by atoms with Crippen molar-refractivity contribution < 1.29 is 0 Å². The molecule has 1 aliphatic rings. The smallest absolute Gasteiger partial charge is 0.167 e. The summed E-state index contributed by atoms with van der Waals surface area (Å²) in [4.78, 5) is 0. The van der Waals surface area contributed by atoms with E-state index in [1.807, 2.05) is 18.5 Å². The Morgan fingerprint density at radius 2 is 2.17 bits per heavy atom. The summed E-state index contributed by atoms with van der Waals surface area (Å²) in [5.74, 6) is 0.891. The van der Waals surface area contributed by atoms with Crippen LogP contribution in [0.1, 0.15) is 50.9 Å². The molecule has 1 fully saturated rings. The normalized spacial score (nSPS) is 18.3. The van der Waals surface area contributed by atoms with Gasteiger partial charge in [-0.15, -0.1) is 10.2 Å². The average molecular weight is 267 g/mol. The van der Waals surface area contributed by atoms with Gasteiger partial charge in [-0.2, -0.15) is 0 Å². The van der Waals surface area contributed by atoms with E-state index < -0.39 is 0 Å². The lowest BCUT2D eigenvalue weighted by atomic mass is 9.96. The molecule has 2 rings (SSSR count). The second-order valence-electron chi connectivity index (χ2n) is 4.97. The average Bonchev–Trinajstić information content (AvgIpc) is 2.76. The highest BCUT2D eigenvalue weighted by Gasteiger charge is 2.16. The SMILES string of the molecule is CC(NC(=S)NC1CCCCC1)c1nncn1C. The zero-order valence-electron chi connectivity index (χ0n) is 11.0. The molecule has 1 aromatic heterocycles. The van der Waals surface area contributed by atoms with Gasteiger partial charge in [-0.3, -0.25) is 0 Å². The topological polar surface area (TPSA) is 54.8 Å². The summed E-state index contributed by atoms with van der Waals surface area (Å²) in [6, 6.07) is 0.603. The van der Waals surface area contributed by atoms with E-state index in [4.69, 9.17) is 12.2 Å². The lowest BCUT2D eigenvalue weighted by molar-refractivity contribution is 0.410. The van der Waals surface area contributed by atoms with Crippen molar-refractivity contribution in [1.29, 1.82) is 0 Å². The fourth-order valence-electron chi connectivity index (χ4n) is 2.42. The van der Waals surface area contributed by atoms with Gasteiger partial charge in [0.15, 0.2) is 10.9 Å². The van der Waals surface area contributed by atoms with E-state index in [1.165, 1.54) is 32.1 Å². The minimum atomic E-state index is 0.0705. The van der Waals surface area contributed by atoms with Gasteiger partial charge < -0.3 is 15.2 Å². The Hall–Kier alpha value is -1.17. The molecule has 2 N–H and O–H groups in total. The predicted molar refractivity (Wildman–Crippen MR) is 75.2 cm³/mol. The first-order chi connectivity index (χ1) is 8.66. The molecule has 1 heterocycles. The van der Waals surface area contributed by atoms with Crippen LogP contribution >= 0.6 is 12.2 Å². The molecule has 0 amide bonds. The van der Waals surface area contributed by atoms with Crippen LogP contribution in [0.4, 0.5) is 0 Å². The van der Waals surface area contributed by atoms with Gasteiger partial charge in [0.1, 0.15) is 6.33 Å². The molecule has 0 saturated heterocycles. The van der Waals surface area contributed by atoms with E-state index in [1.54, 1.807) is 6.33 Å². The van der Waals surface area contributed by atoms with Crippen LogP contribution in [0.15, 0.2) is 6.33 Å². The van der Waals surface area contributed by atoms with Crippen molar-refractivity contribution >= 4 is 17.3 Å². The molecule has 1 unspecified atom stereocenters. The summed E-state index contributed by atoms with van der Waals surface area (Å²) in [6.07, 6.45) is 8.11. The molecular weight excluding hydrogens is 246 g/mol. The Morgan fingerprint density at radius 1 is 1.44 bits per heavy atom. The minimum Gasteiger partial charge on any atom is -0.360 e. The van der Waals surface area contributed by atoms with E-state index in [2.05, 4.69) is 20.8 Å². The third-order valence-corrected chi connectivity index (χ3v) is 3.66. The van der Waals surface area contributed by atoms with Gasteiger partial charge in [-0.1, -0.05) is 19.3 Å². The molecule has 1 aliphatic carbocycles. The maximum absolute atomic E-state index is 5.35. The number of nitrogens with one attached hydrogen (secondary N) is 2. The Labute approximate surface area is 113 Å². The maximum atomic E-state index is 5.35. The van der Waals surface area contributed by atoms with Crippen molar-refractivity contribution in [3.05, 3.63) is 12.2 Å². The molecule has 0 aromatic carbocycles. The van der Waals surface area contributed by atoms with Crippen molar-refractivity contribution in [3.8, 4) is 0 Å². The summed E-state index contributed by atoms with van der Waals surface area (Å²) in [7, 11) is 1.94. The zero-order valence-corrected chi connectivity index (χ0v) is 11.8. The first-order valence-corrected chi connectivity index (χ1v) is 6.98. The van der Waals surface area contributed by atoms with Gasteiger partial charge in [0.25, 0.3) is 0 Å². The largest absolute Gasteiger partial charge is 0.360 e. The van der Waals surface area contributed by atoms with Crippen LogP contribution in [0.2, 0.25) is 0 Å². The fraction of sp³-hybridized carbons (Fsp3) is 0.750. The summed E-state index contributed by atoms with van der Waals surface area (Å²) in [5.41, 5.74) is 0. The van der Waals surface area contributed by atoms with Gasteiger partial charge in [0.2, 0.25) is 0 Å². The quantitative estimate of drug-likeness (QED) is 0.816. The van der Waals surface area contributed by atoms with Crippen molar-refractivity contribution in [3.63, 3.8) is 0 Å². The van der Waals surface area contributed by atoms with Crippen LogP contribution in [0, 0.1) is 0 Å². The van der Waals surface area contributed by atoms with E-state index in [0.717, 1.165) is 10.9 Å². The lowest BCUT2D eigenvalue weighted by Gasteiger charge is -2.25. The zero-order chi connectivity index (χ0) is 13.0.